The average molecular weight is 320 g/mol. The molecule has 2 heteroatoms. The zero-order valence-electron chi connectivity index (χ0n) is 14.8. The zero-order chi connectivity index (χ0) is 16.9. The number of hydrogen-bond acceptors (Lipinski definition) is 2. The first-order chi connectivity index (χ1) is 11.7. The summed E-state index contributed by atoms with van der Waals surface area (Å²) in [7, 11) is 2.19. The molecule has 0 radical (unpaired) electrons. The molecule has 0 saturated carbocycles. The SMILES string of the molecule is C=C(N[C@@H](c1ccccc1)c1ccc(CC)cc1)C1CCCN1C. The first kappa shape index (κ1) is 16.8. The van der Waals surface area contributed by atoms with Gasteiger partial charge in [-0.1, -0.05) is 68.1 Å². The highest BCUT2D eigenvalue weighted by atomic mass is 15.2. The second kappa shape index (κ2) is 7.67. The Morgan fingerprint density at radius 2 is 1.79 bits per heavy atom. The van der Waals surface area contributed by atoms with Crippen molar-refractivity contribution in [2.75, 3.05) is 13.6 Å². The molecule has 1 unspecified atom stereocenters. The van der Waals surface area contributed by atoms with Crippen molar-refractivity contribution in [1.29, 1.82) is 0 Å². The van der Waals surface area contributed by atoms with Crippen LogP contribution in [0.25, 0.3) is 0 Å². The molecule has 0 bridgehead atoms. The molecule has 2 aromatic rings. The normalized spacial score (nSPS) is 19.2. The highest BCUT2D eigenvalue weighted by Crippen LogP contribution is 2.27. The van der Waals surface area contributed by atoms with Gasteiger partial charge < -0.3 is 5.32 Å². The molecule has 1 aliphatic rings. The van der Waals surface area contributed by atoms with Crippen LogP contribution < -0.4 is 5.32 Å². The molecule has 0 aliphatic carbocycles. The van der Waals surface area contributed by atoms with Gasteiger partial charge in [0, 0.05) is 11.7 Å². The van der Waals surface area contributed by atoms with Gasteiger partial charge in [0.2, 0.25) is 0 Å². The van der Waals surface area contributed by atoms with Crippen molar-refractivity contribution < 1.29 is 0 Å². The smallest absolute Gasteiger partial charge is 0.0765 e. The molecule has 3 rings (SSSR count). The maximum Gasteiger partial charge on any atom is 0.0765 e. The lowest BCUT2D eigenvalue weighted by atomic mass is 9.96. The Bertz CT molecular complexity index is 660. The summed E-state index contributed by atoms with van der Waals surface area (Å²) in [6.45, 7) is 7.71. The van der Waals surface area contributed by atoms with Crippen molar-refractivity contribution in [1.82, 2.24) is 10.2 Å². The molecule has 1 saturated heterocycles. The van der Waals surface area contributed by atoms with Gasteiger partial charge in [-0.2, -0.15) is 0 Å². The van der Waals surface area contributed by atoms with Gasteiger partial charge in [0.05, 0.1) is 6.04 Å². The summed E-state index contributed by atoms with van der Waals surface area (Å²) in [4.78, 5) is 2.40. The van der Waals surface area contributed by atoms with Crippen molar-refractivity contribution in [3.8, 4) is 0 Å². The third kappa shape index (κ3) is 3.70. The molecule has 2 aromatic carbocycles. The fraction of sp³-hybridized carbons (Fsp3) is 0.364. The minimum atomic E-state index is 0.151. The Kier molecular flexibility index (Phi) is 5.37. The minimum Gasteiger partial charge on any atom is -0.377 e. The van der Waals surface area contributed by atoms with E-state index in [1.807, 2.05) is 0 Å². The molecule has 126 valence electrons. The lowest BCUT2D eigenvalue weighted by Gasteiger charge is -2.28. The number of hydrogen-bond donors (Lipinski definition) is 1. The van der Waals surface area contributed by atoms with Gasteiger partial charge in [0.25, 0.3) is 0 Å². The maximum atomic E-state index is 4.36. The molecule has 2 atom stereocenters. The van der Waals surface area contributed by atoms with E-state index in [0.29, 0.717) is 6.04 Å². The van der Waals surface area contributed by atoms with Crippen molar-refractivity contribution in [2.45, 2.75) is 38.3 Å². The Labute approximate surface area is 146 Å². The topological polar surface area (TPSA) is 15.3 Å². The number of likely N-dealkylation sites (N-methyl/N-ethyl adjacent to an activating group) is 1. The Morgan fingerprint density at radius 3 is 2.38 bits per heavy atom. The van der Waals surface area contributed by atoms with Crippen LogP contribution in [0, 0.1) is 0 Å². The third-order valence-electron chi connectivity index (χ3n) is 5.11. The number of rotatable bonds is 6. The van der Waals surface area contributed by atoms with Crippen molar-refractivity contribution in [3.05, 3.63) is 83.6 Å². The fourth-order valence-corrected chi connectivity index (χ4v) is 3.58. The van der Waals surface area contributed by atoms with Gasteiger partial charge in [-0.25, -0.2) is 0 Å². The number of nitrogens with one attached hydrogen (secondary N) is 1. The van der Waals surface area contributed by atoms with E-state index >= 15 is 0 Å². The van der Waals surface area contributed by atoms with Crippen molar-refractivity contribution in [3.63, 3.8) is 0 Å². The van der Waals surface area contributed by atoms with E-state index in [1.165, 1.54) is 29.5 Å². The van der Waals surface area contributed by atoms with Gasteiger partial charge >= 0.3 is 0 Å². The van der Waals surface area contributed by atoms with E-state index < -0.39 is 0 Å². The van der Waals surface area contributed by atoms with E-state index in [-0.39, 0.29) is 6.04 Å². The van der Waals surface area contributed by atoms with Crippen LogP contribution in [-0.2, 0) is 6.42 Å². The maximum absolute atomic E-state index is 4.36. The second-order valence-corrected chi connectivity index (χ2v) is 6.75. The third-order valence-corrected chi connectivity index (χ3v) is 5.11. The van der Waals surface area contributed by atoms with Crippen LogP contribution in [0.15, 0.2) is 66.9 Å². The Balaban J connectivity index is 1.86. The van der Waals surface area contributed by atoms with Gasteiger partial charge in [-0.05, 0) is 49.5 Å². The molecular formula is C22H28N2. The predicted octanol–water partition coefficient (Wildman–Crippen LogP) is 4.54. The van der Waals surface area contributed by atoms with E-state index in [1.54, 1.807) is 0 Å². The summed E-state index contributed by atoms with van der Waals surface area (Å²) in [6.07, 6.45) is 3.52. The molecule has 1 heterocycles. The molecule has 1 N–H and O–H groups in total. The van der Waals surface area contributed by atoms with Crippen LogP contribution >= 0.6 is 0 Å². The van der Waals surface area contributed by atoms with Gasteiger partial charge in [-0.15, -0.1) is 0 Å². The van der Waals surface area contributed by atoms with Gasteiger partial charge in [0.15, 0.2) is 0 Å². The minimum absolute atomic E-state index is 0.151. The molecule has 0 aromatic heterocycles. The van der Waals surface area contributed by atoms with Crippen LogP contribution in [0.5, 0.6) is 0 Å². The number of benzene rings is 2. The molecule has 1 fully saturated rings. The average Bonchev–Trinajstić information content (AvgIpc) is 3.06. The summed E-state index contributed by atoms with van der Waals surface area (Å²) in [5.74, 6) is 0. The second-order valence-electron chi connectivity index (χ2n) is 6.75. The fourth-order valence-electron chi connectivity index (χ4n) is 3.58. The first-order valence-corrected chi connectivity index (χ1v) is 8.98. The van der Waals surface area contributed by atoms with Crippen LogP contribution in [0.2, 0.25) is 0 Å². The van der Waals surface area contributed by atoms with Gasteiger partial charge in [-0.3, -0.25) is 4.90 Å². The molecular weight excluding hydrogens is 292 g/mol. The first-order valence-electron chi connectivity index (χ1n) is 8.98. The van der Waals surface area contributed by atoms with E-state index in [0.717, 1.165) is 18.7 Å². The van der Waals surface area contributed by atoms with Crippen LogP contribution in [0.3, 0.4) is 0 Å². The predicted molar refractivity (Wildman–Crippen MR) is 102 cm³/mol. The number of aryl methyl sites for hydroxylation is 1. The molecule has 24 heavy (non-hydrogen) atoms. The van der Waals surface area contributed by atoms with Crippen molar-refractivity contribution >= 4 is 0 Å². The number of likely N-dealkylation sites (tertiary alicyclic amines) is 1. The summed E-state index contributed by atoms with van der Waals surface area (Å²) in [5, 5.41) is 3.72. The Morgan fingerprint density at radius 1 is 1.12 bits per heavy atom. The number of nitrogens with zero attached hydrogens (tertiary/aromatic N) is 1. The molecule has 0 spiro atoms. The molecule has 0 amide bonds. The quantitative estimate of drug-likeness (QED) is 0.841. The standard InChI is InChI=1S/C22H28N2/c1-4-18-12-14-20(15-13-18)22(19-9-6-5-7-10-19)23-17(2)21-11-8-16-24(21)3/h5-7,9-10,12-15,21-23H,2,4,8,11,16H2,1,3H3/t21?,22-/m0/s1. The summed E-state index contributed by atoms with van der Waals surface area (Å²) in [5.41, 5.74) is 5.08. The molecule has 2 nitrogen and oxygen atoms in total. The van der Waals surface area contributed by atoms with E-state index in [2.05, 4.69) is 85.4 Å². The Hall–Kier alpha value is -2.06. The largest absolute Gasteiger partial charge is 0.377 e. The van der Waals surface area contributed by atoms with E-state index in [4.69, 9.17) is 0 Å². The lowest BCUT2D eigenvalue weighted by molar-refractivity contribution is 0.331. The van der Waals surface area contributed by atoms with Crippen LogP contribution in [0.4, 0.5) is 0 Å². The van der Waals surface area contributed by atoms with E-state index in [9.17, 15) is 0 Å². The van der Waals surface area contributed by atoms with Gasteiger partial charge in [0.1, 0.15) is 0 Å². The monoisotopic (exact) mass is 320 g/mol. The molecule has 1 aliphatic heterocycles. The summed E-state index contributed by atoms with van der Waals surface area (Å²) in [6, 6.07) is 20.2. The zero-order valence-corrected chi connectivity index (χ0v) is 14.8. The lowest BCUT2D eigenvalue weighted by Crippen LogP contribution is -2.34. The highest BCUT2D eigenvalue weighted by molar-refractivity contribution is 5.35. The van der Waals surface area contributed by atoms with Crippen molar-refractivity contribution in [2.24, 2.45) is 0 Å². The van der Waals surface area contributed by atoms with Crippen LogP contribution in [0.1, 0.15) is 42.5 Å². The summed E-state index contributed by atoms with van der Waals surface area (Å²) < 4.78 is 0. The summed E-state index contributed by atoms with van der Waals surface area (Å²) >= 11 is 0. The van der Waals surface area contributed by atoms with Crippen LogP contribution in [-0.4, -0.2) is 24.5 Å². The highest BCUT2D eigenvalue weighted by Gasteiger charge is 2.25.